The fraction of sp³-hybridized carbons (Fsp3) is 0.385. The molecule has 1 atom stereocenters. The zero-order valence-corrected chi connectivity index (χ0v) is 10.9. The number of urea groups is 1. The van der Waals surface area contributed by atoms with E-state index in [-0.39, 0.29) is 29.1 Å². The molecule has 7 nitrogen and oxygen atoms in total. The van der Waals surface area contributed by atoms with Gasteiger partial charge in [0.2, 0.25) is 0 Å². The van der Waals surface area contributed by atoms with Crippen molar-refractivity contribution in [3.8, 4) is 5.75 Å². The maximum absolute atomic E-state index is 12.0. The van der Waals surface area contributed by atoms with Crippen LogP contribution in [-0.4, -0.2) is 46.2 Å². The van der Waals surface area contributed by atoms with Gasteiger partial charge in [0, 0.05) is 19.1 Å². The van der Waals surface area contributed by atoms with Gasteiger partial charge in [0.15, 0.2) is 0 Å². The Labute approximate surface area is 116 Å². The molecule has 1 aromatic carbocycles. The molecule has 5 N–H and O–H groups in total. The van der Waals surface area contributed by atoms with Gasteiger partial charge in [-0.05, 0) is 31.0 Å². The van der Waals surface area contributed by atoms with Crippen LogP contribution in [0.2, 0.25) is 0 Å². The molecule has 108 valence electrons. The number of piperidine rings is 1. The summed E-state index contributed by atoms with van der Waals surface area (Å²) < 4.78 is 0. The number of carboxylic acid groups (broad SMARTS) is 1. The molecule has 0 bridgehead atoms. The number of nitrogens with zero attached hydrogens (tertiary/aromatic N) is 1. The molecular formula is C13H17N3O4. The topological polar surface area (TPSA) is 116 Å². The number of carbonyl (C=O) groups excluding carboxylic acids is 1. The quantitative estimate of drug-likeness (QED) is 0.604. The predicted octanol–water partition coefficient (Wildman–Crippen LogP) is 1.05. The van der Waals surface area contributed by atoms with Crippen LogP contribution >= 0.6 is 0 Å². The Morgan fingerprint density at radius 3 is 2.75 bits per heavy atom. The lowest BCUT2D eigenvalue weighted by atomic mass is 10.1. The molecule has 1 saturated heterocycles. The lowest BCUT2D eigenvalue weighted by molar-refractivity contribution is 0.0696. The van der Waals surface area contributed by atoms with Crippen LogP contribution in [0.5, 0.6) is 5.75 Å². The second-order valence-electron chi connectivity index (χ2n) is 4.82. The normalized spacial score (nSPS) is 18.6. The highest BCUT2D eigenvalue weighted by Gasteiger charge is 2.22. The van der Waals surface area contributed by atoms with Gasteiger partial charge in [-0.3, -0.25) is 0 Å². The van der Waals surface area contributed by atoms with Crippen molar-refractivity contribution in [2.45, 2.75) is 18.9 Å². The number of phenolic OH excluding ortho intramolecular Hbond substituents is 1. The molecule has 0 spiro atoms. The van der Waals surface area contributed by atoms with E-state index in [1.807, 2.05) is 0 Å². The third kappa shape index (κ3) is 3.18. The largest absolute Gasteiger partial charge is 0.506 e. The molecule has 0 saturated carbocycles. The Kier molecular flexibility index (Phi) is 4.09. The van der Waals surface area contributed by atoms with E-state index in [1.54, 1.807) is 4.90 Å². The number of nitrogens with two attached hydrogens (primary N) is 1. The van der Waals surface area contributed by atoms with Gasteiger partial charge in [0.25, 0.3) is 0 Å². The van der Waals surface area contributed by atoms with Crippen molar-refractivity contribution < 1.29 is 19.8 Å². The molecule has 1 aliphatic rings. The lowest BCUT2D eigenvalue weighted by Crippen LogP contribution is -2.47. The smallest absolute Gasteiger partial charge is 0.335 e. The zero-order chi connectivity index (χ0) is 14.7. The summed E-state index contributed by atoms with van der Waals surface area (Å²) >= 11 is 0. The summed E-state index contributed by atoms with van der Waals surface area (Å²) in [5.74, 6) is -1.42. The highest BCUT2D eigenvalue weighted by molar-refractivity contribution is 5.93. The lowest BCUT2D eigenvalue weighted by Gasteiger charge is -2.30. The van der Waals surface area contributed by atoms with Crippen molar-refractivity contribution in [1.82, 2.24) is 4.90 Å². The number of rotatable bonds is 2. The standard InChI is InChI=1S/C13H17N3O4/c14-9-2-1-5-16(7-9)13(20)15-10-4-3-8(12(18)19)6-11(10)17/h3-4,6,9,17H,1-2,5,7,14H2,(H,15,20)(H,18,19). The minimum atomic E-state index is -1.14. The van der Waals surface area contributed by atoms with Crippen LogP contribution in [0.3, 0.4) is 0 Å². The highest BCUT2D eigenvalue weighted by atomic mass is 16.4. The number of aromatic carboxylic acids is 1. The number of anilines is 1. The van der Waals surface area contributed by atoms with E-state index in [9.17, 15) is 14.7 Å². The van der Waals surface area contributed by atoms with Gasteiger partial charge in [-0.25, -0.2) is 9.59 Å². The maximum atomic E-state index is 12.0. The molecule has 0 aromatic heterocycles. The number of benzene rings is 1. The molecule has 2 rings (SSSR count). The fourth-order valence-corrected chi connectivity index (χ4v) is 2.16. The maximum Gasteiger partial charge on any atom is 0.335 e. The molecule has 20 heavy (non-hydrogen) atoms. The SMILES string of the molecule is NC1CCCN(C(=O)Nc2ccc(C(=O)O)cc2O)C1. The summed E-state index contributed by atoms with van der Waals surface area (Å²) in [7, 11) is 0. The third-order valence-electron chi connectivity index (χ3n) is 3.23. The molecule has 1 aliphatic heterocycles. The van der Waals surface area contributed by atoms with Crippen LogP contribution in [0, 0.1) is 0 Å². The van der Waals surface area contributed by atoms with Crippen molar-refractivity contribution >= 4 is 17.7 Å². The second-order valence-corrected chi connectivity index (χ2v) is 4.82. The van der Waals surface area contributed by atoms with Crippen LogP contribution in [-0.2, 0) is 0 Å². The Morgan fingerprint density at radius 2 is 2.15 bits per heavy atom. The minimum Gasteiger partial charge on any atom is -0.506 e. The van der Waals surface area contributed by atoms with Crippen molar-refractivity contribution in [3.05, 3.63) is 23.8 Å². The first-order chi connectivity index (χ1) is 9.47. The van der Waals surface area contributed by atoms with Crippen molar-refractivity contribution in [1.29, 1.82) is 0 Å². The Bertz CT molecular complexity index is 532. The summed E-state index contributed by atoms with van der Waals surface area (Å²) in [6.45, 7) is 1.09. The molecular weight excluding hydrogens is 262 g/mol. The molecule has 1 unspecified atom stereocenters. The second kappa shape index (κ2) is 5.79. The van der Waals surface area contributed by atoms with Gasteiger partial charge in [0.05, 0.1) is 11.3 Å². The van der Waals surface area contributed by atoms with E-state index in [0.29, 0.717) is 13.1 Å². The van der Waals surface area contributed by atoms with E-state index < -0.39 is 5.97 Å². The number of carboxylic acids is 1. The number of carbonyl (C=O) groups is 2. The monoisotopic (exact) mass is 279 g/mol. The van der Waals surface area contributed by atoms with Crippen LogP contribution in [0.25, 0.3) is 0 Å². The van der Waals surface area contributed by atoms with Crippen LogP contribution < -0.4 is 11.1 Å². The molecule has 1 aromatic rings. The van der Waals surface area contributed by atoms with Gasteiger partial charge in [-0.2, -0.15) is 0 Å². The van der Waals surface area contributed by atoms with Gasteiger partial charge in [0.1, 0.15) is 5.75 Å². The zero-order valence-electron chi connectivity index (χ0n) is 10.9. The van der Waals surface area contributed by atoms with Crippen molar-refractivity contribution in [3.63, 3.8) is 0 Å². The summed E-state index contributed by atoms with van der Waals surface area (Å²) in [5, 5.41) is 21.1. The van der Waals surface area contributed by atoms with Crippen molar-refractivity contribution in [2.75, 3.05) is 18.4 Å². The van der Waals surface area contributed by atoms with Gasteiger partial charge >= 0.3 is 12.0 Å². The number of hydrogen-bond donors (Lipinski definition) is 4. The van der Waals surface area contributed by atoms with Gasteiger partial charge < -0.3 is 26.2 Å². The molecule has 2 amide bonds. The van der Waals surface area contributed by atoms with Gasteiger partial charge in [-0.15, -0.1) is 0 Å². The molecule has 0 aliphatic carbocycles. The third-order valence-corrected chi connectivity index (χ3v) is 3.23. The molecule has 0 radical (unpaired) electrons. The Balaban J connectivity index is 2.06. The van der Waals surface area contributed by atoms with E-state index >= 15 is 0 Å². The average molecular weight is 279 g/mol. The van der Waals surface area contributed by atoms with Gasteiger partial charge in [-0.1, -0.05) is 0 Å². The van der Waals surface area contributed by atoms with E-state index in [0.717, 1.165) is 18.9 Å². The Morgan fingerprint density at radius 1 is 1.40 bits per heavy atom. The highest BCUT2D eigenvalue weighted by Crippen LogP contribution is 2.25. The summed E-state index contributed by atoms with van der Waals surface area (Å²) in [4.78, 5) is 24.3. The summed E-state index contributed by atoms with van der Waals surface area (Å²) in [5.41, 5.74) is 5.94. The predicted molar refractivity (Wildman–Crippen MR) is 72.9 cm³/mol. The molecule has 7 heteroatoms. The first-order valence-electron chi connectivity index (χ1n) is 6.35. The fourth-order valence-electron chi connectivity index (χ4n) is 2.16. The number of phenols is 1. The average Bonchev–Trinajstić information content (AvgIpc) is 2.40. The summed E-state index contributed by atoms with van der Waals surface area (Å²) in [6, 6.07) is 3.40. The van der Waals surface area contributed by atoms with E-state index in [2.05, 4.69) is 5.32 Å². The van der Waals surface area contributed by atoms with Crippen molar-refractivity contribution in [2.24, 2.45) is 5.73 Å². The van der Waals surface area contributed by atoms with E-state index in [1.165, 1.54) is 12.1 Å². The number of amides is 2. The van der Waals surface area contributed by atoms with E-state index in [4.69, 9.17) is 10.8 Å². The Hall–Kier alpha value is -2.28. The van der Waals surface area contributed by atoms with Crippen LogP contribution in [0.15, 0.2) is 18.2 Å². The minimum absolute atomic E-state index is 0.0301. The molecule has 1 fully saturated rings. The first kappa shape index (κ1) is 14.1. The van der Waals surface area contributed by atoms with Crippen LogP contribution in [0.4, 0.5) is 10.5 Å². The number of nitrogens with one attached hydrogen (secondary N) is 1. The number of aromatic hydroxyl groups is 1. The van der Waals surface area contributed by atoms with Crippen LogP contribution in [0.1, 0.15) is 23.2 Å². The molecule has 1 heterocycles. The number of likely N-dealkylation sites (tertiary alicyclic amines) is 1. The number of hydrogen-bond acceptors (Lipinski definition) is 4. The first-order valence-corrected chi connectivity index (χ1v) is 6.35. The summed E-state index contributed by atoms with van der Waals surface area (Å²) in [6.07, 6.45) is 1.74.